The fraction of sp³-hybridized carbons (Fsp3) is 0.409. The zero-order valence-electron chi connectivity index (χ0n) is 17.4. The van der Waals surface area contributed by atoms with Crippen LogP contribution in [0.1, 0.15) is 22.0 Å². The molecule has 2 aromatic carbocycles. The van der Waals surface area contributed by atoms with Crippen molar-refractivity contribution in [1.82, 2.24) is 10.2 Å². The number of amides is 1. The maximum absolute atomic E-state index is 14.3. The van der Waals surface area contributed by atoms with Gasteiger partial charge in [-0.1, -0.05) is 6.07 Å². The third kappa shape index (κ3) is 5.01. The van der Waals surface area contributed by atoms with Gasteiger partial charge in [0.05, 0.1) is 46.1 Å². The highest BCUT2D eigenvalue weighted by Crippen LogP contribution is 2.32. The predicted octanol–water partition coefficient (Wildman–Crippen LogP) is 2.65. The van der Waals surface area contributed by atoms with Crippen molar-refractivity contribution in [2.24, 2.45) is 0 Å². The summed E-state index contributed by atoms with van der Waals surface area (Å²) in [5, 5.41) is 2.86. The summed E-state index contributed by atoms with van der Waals surface area (Å²) in [7, 11) is 4.62. The van der Waals surface area contributed by atoms with Crippen LogP contribution in [0.25, 0.3) is 0 Å². The van der Waals surface area contributed by atoms with Crippen molar-refractivity contribution in [1.29, 1.82) is 0 Å². The lowest BCUT2D eigenvalue weighted by molar-refractivity contribution is 0.0162. The number of halogens is 1. The number of hydrogen-bond donors (Lipinski definition) is 1. The molecule has 1 atom stereocenters. The van der Waals surface area contributed by atoms with E-state index in [1.165, 1.54) is 19.2 Å². The fourth-order valence-corrected chi connectivity index (χ4v) is 3.50. The van der Waals surface area contributed by atoms with E-state index >= 15 is 0 Å². The van der Waals surface area contributed by atoms with Gasteiger partial charge in [0, 0.05) is 25.7 Å². The number of nitrogens with zero attached hydrogens (tertiary/aromatic N) is 1. The van der Waals surface area contributed by atoms with Gasteiger partial charge in [0.25, 0.3) is 5.91 Å². The maximum atomic E-state index is 14.3. The molecule has 162 valence electrons. The Morgan fingerprint density at radius 1 is 1.07 bits per heavy atom. The molecule has 2 aromatic rings. The Labute approximate surface area is 175 Å². The van der Waals surface area contributed by atoms with Gasteiger partial charge in [0.15, 0.2) is 11.5 Å². The number of rotatable bonds is 8. The van der Waals surface area contributed by atoms with Gasteiger partial charge in [0.2, 0.25) is 0 Å². The molecule has 1 heterocycles. The Morgan fingerprint density at radius 2 is 1.80 bits per heavy atom. The lowest BCUT2D eigenvalue weighted by Crippen LogP contribution is -2.44. The quantitative estimate of drug-likeness (QED) is 0.711. The van der Waals surface area contributed by atoms with Crippen LogP contribution in [0.15, 0.2) is 36.4 Å². The topological polar surface area (TPSA) is 69.3 Å². The molecule has 1 aliphatic rings. The summed E-state index contributed by atoms with van der Waals surface area (Å²) in [5.74, 6) is 0.502. The van der Waals surface area contributed by atoms with E-state index in [1.807, 2.05) is 18.2 Å². The SMILES string of the molecule is COc1ccc(C(=O)NCC(c2ccc(OC)c(OC)c2)N2CCOCC2)c(F)c1. The Kier molecular flexibility index (Phi) is 7.48. The zero-order valence-corrected chi connectivity index (χ0v) is 17.4. The van der Waals surface area contributed by atoms with E-state index in [1.54, 1.807) is 20.3 Å². The first kappa shape index (κ1) is 21.9. The molecule has 30 heavy (non-hydrogen) atoms. The van der Waals surface area contributed by atoms with Crippen LogP contribution in [-0.2, 0) is 4.74 Å². The minimum Gasteiger partial charge on any atom is -0.497 e. The molecule has 1 unspecified atom stereocenters. The molecule has 0 bridgehead atoms. The second kappa shape index (κ2) is 10.3. The average molecular weight is 418 g/mol. The molecule has 1 fully saturated rings. The molecule has 1 N–H and O–H groups in total. The number of carbonyl (C=O) groups excluding carboxylic acids is 1. The van der Waals surface area contributed by atoms with Crippen LogP contribution in [0, 0.1) is 5.82 Å². The van der Waals surface area contributed by atoms with Crippen LogP contribution >= 0.6 is 0 Å². The van der Waals surface area contributed by atoms with E-state index < -0.39 is 11.7 Å². The maximum Gasteiger partial charge on any atom is 0.254 e. The lowest BCUT2D eigenvalue weighted by Gasteiger charge is -2.35. The molecule has 1 saturated heterocycles. The molecule has 0 radical (unpaired) electrons. The number of morpholine rings is 1. The van der Waals surface area contributed by atoms with E-state index in [2.05, 4.69) is 10.2 Å². The van der Waals surface area contributed by atoms with Crippen LogP contribution in [0.3, 0.4) is 0 Å². The average Bonchev–Trinajstić information content (AvgIpc) is 2.79. The van der Waals surface area contributed by atoms with E-state index in [4.69, 9.17) is 18.9 Å². The van der Waals surface area contributed by atoms with Crippen molar-refractivity contribution in [3.8, 4) is 17.2 Å². The van der Waals surface area contributed by atoms with E-state index in [0.29, 0.717) is 37.0 Å². The zero-order chi connectivity index (χ0) is 21.5. The highest BCUT2D eigenvalue weighted by atomic mass is 19.1. The molecule has 3 rings (SSSR count). The van der Waals surface area contributed by atoms with Crippen LogP contribution in [-0.4, -0.2) is 65.0 Å². The van der Waals surface area contributed by atoms with Crippen LogP contribution in [0.2, 0.25) is 0 Å². The summed E-state index contributed by atoms with van der Waals surface area (Å²) in [6.07, 6.45) is 0. The van der Waals surface area contributed by atoms with Crippen LogP contribution < -0.4 is 19.5 Å². The summed E-state index contributed by atoms with van der Waals surface area (Å²) in [6, 6.07) is 9.74. The van der Waals surface area contributed by atoms with Gasteiger partial charge in [-0.25, -0.2) is 4.39 Å². The van der Waals surface area contributed by atoms with Gasteiger partial charge >= 0.3 is 0 Å². The molecule has 7 nitrogen and oxygen atoms in total. The standard InChI is InChI=1S/C22H27FN2O5/c1-27-16-5-6-17(18(23)13-16)22(26)24-14-19(25-8-10-30-11-9-25)15-4-7-20(28-2)21(12-15)29-3/h4-7,12-13,19H,8-11,14H2,1-3H3,(H,24,26). The summed E-state index contributed by atoms with van der Waals surface area (Å²) < 4.78 is 35.5. The first-order valence-corrected chi connectivity index (χ1v) is 9.72. The van der Waals surface area contributed by atoms with Gasteiger partial charge in [-0.3, -0.25) is 9.69 Å². The normalized spacial score (nSPS) is 15.3. The van der Waals surface area contributed by atoms with Gasteiger partial charge in [-0.05, 0) is 29.8 Å². The van der Waals surface area contributed by atoms with Crippen molar-refractivity contribution >= 4 is 5.91 Å². The van der Waals surface area contributed by atoms with Crippen molar-refractivity contribution in [3.05, 3.63) is 53.3 Å². The Balaban J connectivity index is 1.80. The van der Waals surface area contributed by atoms with Crippen molar-refractivity contribution in [2.75, 3.05) is 54.2 Å². The number of nitrogens with one attached hydrogen (secondary N) is 1. The van der Waals surface area contributed by atoms with Gasteiger partial charge in [0.1, 0.15) is 11.6 Å². The predicted molar refractivity (Wildman–Crippen MR) is 110 cm³/mol. The Morgan fingerprint density at radius 3 is 2.43 bits per heavy atom. The first-order chi connectivity index (χ1) is 14.6. The third-order valence-electron chi connectivity index (χ3n) is 5.16. The molecule has 0 aromatic heterocycles. The number of methoxy groups -OCH3 is 3. The third-order valence-corrected chi connectivity index (χ3v) is 5.16. The van der Waals surface area contributed by atoms with Crippen molar-refractivity contribution in [2.45, 2.75) is 6.04 Å². The summed E-state index contributed by atoms with van der Waals surface area (Å²) in [6.45, 7) is 2.99. The summed E-state index contributed by atoms with van der Waals surface area (Å²) in [4.78, 5) is 14.9. The lowest BCUT2D eigenvalue weighted by atomic mass is 10.0. The molecule has 0 aliphatic carbocycles. The molecule has 0 spiro atoms. The smallest absolute Gasteiger partial charge is 0.254 e. The van der Waals surface area contributed by atoms with E-state index in [-0.39, 0.29) is 11.6 Å². The first-order valence-electron chi connectivity index (χ1n) is 9.72. The minimum atomic E-state index is -0.624. The molecular weight excluding hydrogens is 391 g/mol. The second-order valence-corrected chi connectivity index (χ2v) is 6.83. The van der Waals surface area contributed by atoms with Gasteiger partial charge in [-0.2, -0.15) is 0 Å². The van der Waals surface area contributed by atoms with Crippen LogP contribution in [0.5, 0.6) is 17.2 Å². The fourth-order valence-electron chi connectivity index (χ4n) is 3.50. The van der Waals surface area contributed by atoms with Gasteiger partial charge in [-0.15, -0.1) is 0 Å². The minimum absolute atomic E-state index is 0.0242. The molecule has 0 saturated carbocycles. The summed E-state index contributed by atoms with van der Waals surface area (Å²) >= 11 is 0. The molecule has 1 amide bonds. The molecular formula is C22H27FN2O5. The number of carbonyl (C=O) groups is 1. The highest BCUT2D eigenvalue weighted by Gasteiger charge is 2.25. The van der Waals surface area contributed by atoms with E-state index in [0.717, 1.165) is 18.7 Å². The molecule has 8 heteroatoms. The number of benzene rings is 2. The number of hydrogen-bond acceptors (Lipinski definition) is 6. The number of ether oxygens (including phenoxy) is 4. The van der Waals surface area contributed by atoms with Crippen molar-refractivity contribution < 1.29 is 28.1 Å². The largest absolute Gasteiger partial charge is 0.497 e. The van der Waals surface area contributed by atoms with E-state index in [9.17, 15) is 9.18 Å². The monoisotopic (exact) mass is 418 g/mol. The van der Waals surface area contributed by atoms with Crippen LogP contribution in [0.4, 0.5) is 4.39 Å². The Bertz CT molecular complexity index is 871. The Hall–Kier alpha value is -2.84. The highest BCUT2D eigenvalue weighted by molar-refractivity contribution is 5.94. The van der Waals surface area contributed by atoms with Gasteiger partial charge < -0.3 is 24.3 Å². The second-order valence-electron chi connectivity index (χ2n) is 6.83. The van der Waals surface area contributed by atoms with Crippen molar-refractivity contribution in [3.63, 3.8) is 0 Å². The summed E-state index contributed by atoms with van der Waals surface area (Å²) in [5.41, 5.74) is 0.939. The molecule has 1 aliphatic heterocycles.